The average Bonchev–Trinajstić information content (AvgIpc) is 3.05. The maximum absolute atomic E-state index is 4.21. The van der Waals surface area contributed by atoms with Gasteiger partial charge in [-0.05, 0) is 18.2 Å². The first-order valence-corrected chi connectivity index (χ1v) is 6.36. The molecule has 5 rings (SSSR count). The Bertz CT molecular complexity index is 945. The minimum Gasteiger partial charge on any atom is -0.277 e. The second-order valence-electron chi connectivity index (χ2n) is 4.97. The predicted molar refractivity (Wildman–Crippen MR) is 70.9 cm³/mol. The van der Waals surface area contributed by atoms with Crippen LogP contribution in [0.25, 0.3) is 22.6 Å². The first-order chi connectivity index (χ1) is 9.42. The largest absolute Gasteiger partial charge is 0.296 e. The zero-order valence-corrected chi connectivity index (χ0v) is 10.2. The molecule has 0 atom stereocenters. The van der Waals surface area contributed by atoms with E-state index in [-0.39, 0.29) is 0 Å². The highest BCUT2D eigenvalue weighted by molar-refractivity contribution is 5.66. The molecular weight excluding hydrogens is 236 g/mol. The molecule has 4 aromatic heterocycles. The Morgan fingerprint density at radius 2 is 2.16 bits per heavy atom. The lowest BCUT2D eigenvalue weighted by Crippen LogP contribution is -2.29. The number of aromatic nitrogens is 4. The second-order valence-corrected chi connectivity index (χ2v) is 4.97. The molecule has 90 valence electrons. The molecule has 0 amide bonds. The van der Waals surface area contributed by atoms with Crippen LogP contribution >= 0.6 is 0 Å². The number of rotatable bonds is 0. The molecule has 0 aliphatic carbocycles. The highest BCUT2D eigenvalue weighted by atomic mass is 15.2. The Labute approximate surface area is 109 Å². The van der Waals surface area contributed by atoms with Crippen molar-refractivity contribution in [3.05, 3.63) is 60.8 Å². The third-order valence-electron chi connectivity index (χ3n) is 3.90. The fraction of sp³-hybridized carbons (Fsp3) is 0.0667. The van der Waals surface area contributed by atoms with E-state index < -0.39 is 0 Å². The number of hydrogen-bond acceptors (Lipinski definition) is 1. The molecule has 0 fully saturated rings. The van der Waals surface area contributed by atoms with Gasteiger partial charge in [0.15, 0.2) is 6.20 Å². The summed E-state index contributed by atoms with van der Waals surface area (Å²) in [5.74, 6) is 1.25. The first kappa shape index (κ1) is 9.33. The molecule has 0 bridgehead atoms. The second kappa shape index (κ2) is 3.03. The smallest absolute Gasteiger partial charge is 0.277 e. The van der Waals surface area contributed by atoms with Crippen LogP contribution in [-0.2, 0) is 6.54 Å². The average molecular weight is 247 g/mol. The van der Waals surface area contributed by atoms with Crippen molar-refractivity contribution in [2.24, 2.45) is 0 Å². The van der Waals surface area contributed by atoms with Crippen LogP contribution in [0.2, 0.25) is 0 Å². The lowest BCUT2D eigenvalue weighted by molar-refractivity contribution is -0.670. The number of pyridine rings is 2. The fourth-order valence-corrected chi connectivity index (χ4v) is 3.08. The van der Waals surface area contributed by atoms with Gasteiger partial charge in [0.25, 0.3) is 11.5 Å². The minimum atomic E-state index is 0.912. The Morgan fingerprint density at radius 3 is 3.16 bits per heavy atom. The number of imidazole rings is 2. The van der Waals surface area contributed by atoms with Crippen LogP contribution in [0.15, 0.2) is 55.2 Å². The summed E-state index contributed by atoms with van der Waals surface area (Å²) in [4.78, 5) is 4.21. The van der Waals surface area contributed by atoms with Gasteiger partial charge in [0.1, 0.15) is 12.7 Å². The summed E-state index contributed by atoms with van der Waals surface area (Å²) in [7, 11) is 0. The monoisotopic (exact) mass is 247 g/mol. The molecule has 5 heterocycles. The highest BCUT2D eigenvalue weighted by Gasteiger charge is 2.31. The van der Waals surface area contributed by atoms with E-state index in [1.807, 2.05) is 12.4 Å². The van der Waals surface area contributed by atoms with Crippen molar-refractivity contribution < 1.29 is 4.57 Å². The normalized spacial score (nSPS) is 13.1. The van der Waals surface area contributed by atoms with E-state index in [2.05, 4.69) is 61.2 Å². The van der Waals surface area contributed by atoms with E-state index in [1.165, 1.54) is 28.1 Å². The Balaban J connectivity index is 1.97. The van der Waals surface area contributed by atoms with E-state index in [0.717, 1.165) is 6.54 Å². The zero-order valence-electron chi connectivity index (χ0n) is 10.2. The number of hydrogen-bond donors (Lipinski definition) is 0. The van der Waals surface area contributed by atoms with E-state index in [0.29, 0.717) is 0 Å². The fourth-order valence-electron chi connectivity index (χ4n) is 3.08. The van der Waals surface area contributed by atoms with Crippen LogP contribution in [0.5, 0.6) is 0 Å². The molecule has 1 aliphatic rings. The SMILES string of the molecule is c1ccn2c(c1)cn1c3[n+](cc12)Cc1cnccc1-3. The van der Waals surface area contributed by atoms with E-state index in [1.54, 1.807) is 0 Å². The summed E-state index contributed by atoms with van der Waals surface area (Å²) in [5, 5.41) is 0. The topological polar surface area (TPSA) is 25.6 Å². The van der Waals surface area contributed by atoms with Crippen molar-refractivity contribution in [1.29, 1.82) is 0 Å². The lowest BCUT2D eigenvalue weighted by Gasteiger charge is -1.91. The Kier molecular flexibility index (Phi) is 1.49. The predicted octanol–water partition coefficient (Wildman–Crippen LogP) is 1.90. The van der Waals surface area contributed by atoms with Crippen LogP contribution in [0.1, 0.15) is 5.56 Å². The van der Waals surface area contributed by atoms with Crippen LogP contribution in [0.4, 0.5) is 0 Å². The van der Waals surface area contributed by atoms with Crippen molar-refractivity contribution in [2.45, 2.75) is 6.54 Å². The molecule has 0 saturated carbocycles. The third-order valence-corrected chi connectivity index (χ3v) is 3.90. The maximum Gasteiger partial charge on any atom is 0.296 e. The summed E-state index contributed by atoms with van der Waals surface area (Å²) in [6.45, 7) is 0.912. The van der Waals surface area contributed by atoms with Crippen LogP contribution < -0.4 is 4.57 Å². The van der Waals surface area contributed by atoms with Crippen LogP contribution in [0, 0.1) is 0 Å². The van der Waals surface area contributed by atoms with Crippen LogP contribution in [0.3, 0.4) is 0 Å². The lowest BCUT2D eigenvalue weighted by atomic mass is 10.2. The van der Waals surface area contributed by atoms with Crippen molar-refractivity contribution in [2.75, 3.05) is 0 Å². The quantitative estimate of drug-likeness (QED) is 0.384. The van der Waals surface area contributed by atoms with Gasteiger partial charge in [-0.1, -0.05) is 6.07 Å². The molecule has 1 aliphatic heterocycles. The molecule has 0 radical (unpaired) electrons. The molecule has 4 aromatic rings. The zero-order chi connectivity index (χ0) is 12.4. The number of nitrogens with zero attached hydrogens (tertiary/aromatic N) is 4. The summed E-state index contributed by atoms with van der Waals surface area (Å²) in [6, 6.07) is 8.36. The van der Waals surface area contributed by atoms with E-state index in [9.17, 15) is 0 Å². The van der Waals surface area contributed by atoms with Crippen molar-refractivity contribution >= 4 is 11.2 Å². The van der Waals surface area contributed by atoms with Crippen LogP contribution in [-0.4, -0.2) is 13.8 Å². The first-order valence-electron chi connectivity index (χ1n) is 6.36. The molecule has 19 heavy (non-hydrogen) atoms. The van der Waals surface area contributed by atoms with Gasteiger partial charge in [-0.25, -0.2) is 4.57 Å². The molecular formula is C15H11N4+. The third kappa shape index (κ3) is 1.04. The van der Waals surface area contributed by atoms with Crippen molar-refractivity contribution in [3.63, 3.8) is 0 Å². The van der Waals surface area contributed by atoms with Gasteiger partial charge < -0.3 is 0 Å². The van der Waals surface area contributed by atoms with Gasteiger partial charge in [0.05, 0.1) is 11.1 Å². The summed E-state index contributed by atoms with van der Waals surface area (Å²) in [6.07, 6.45) is 10.3. The molecule has 4 heteroatoms. The highest BCUT2D eigenvalue weighted by Crippen LogP contribution is 2.28. The van der Waals surface area contributed by atoms with Gasteiger partial charge in [0, 0.05) is 24.2 Å². The van der Waals surface area contributed by atoms with E-state index in [4.69, 9.17) is 0 Å². The standard InChI is InChI=1S/C15H11N4/c1-2-6-18-12(3-1)9-19-14(18)10-17-8-11-7-16-5-4-13(11)15(17)19/h1-7,9-10H,8H2/q+1. The van der Waals surface area contributed by atoms with Gasteiger partial charge in [-0.15, -0.1) is 0 Å². The molecule has 0 spiro atoms. The van der Waals surface area contributed by atoms with Gasteiger partial charge in [-0.3, -0.25) is 9.38 Å². The molecule has 0 unspecified atom stereocenters. The van der Waals surface area contributed by atoms with Gasteiger partial charge >= 0.3 is 0 Å². The Hall–Kier alpha value is -2.62. The maximum atomic E-state index is 4.21. The molecule has 4 nitrogen and oxygen atoms in total. The molecule has 0 aromatic carbocycles. The minimum absolute atomic E-state index is 0.912. The Morgan fingerprint density at radius 1 is 1.16 bits per heavy atom. The van der Waals surface area contributed by atoms with Crippen molar-refractivity contribution in [1.82, 2.24) is 13.8 Å². The number of fused-ring (bicyclic) bond motifs is 7. The molecule has 0 saturated heterocycles. The van der Waals surface area contributed by atoms with Crippen molar-refractivity contribution in [3.8, 4) is 11.4 Å². The molecule has 0 N–H and O–H groups in total. The van der Waals surface area contributed by atoms with Gasteiger partial charge in [0.2, 0.25) is 0 Å². The summed E-state index contributed by atoms with van der Waals surface area (Å²) in [5.41, 5.74) is 4.99. The summed E-state index contributed by atoms with van der Waals surface area (Å²) >= 11 is 0. The summed E-state index contributed by atoms with van der Waals surface area (Å²) < 4.78 is 6.77. The van der Waals surface area contributed by atoms with Gasteiger partial charge in [-0.2, -0.15) is 4.40 Å². The van der Waals surface area contributed by atoms with E-state index >= 15 is 0 Å².